The van der Waals surface area contributed by atoms with E-state index in [-0.39, 0.29) is 36.9 Å². The van der Waals surface area contributed by atoms with Crippen LogP contribution in [0.15, 0.2) is 12.2 Å². The van der Waals surface area contributed by atoms with E-state index in [2.05, 4.69) is 6.58 Å². The molecule has 2 aliphatic rings. The van der Waals surface area contributed by atoms with E-state index >= 15 is 0 Å². The number of amides is 1. The molecule has 1 N–H and O–H groups in total. The molecule has 0 aromatic carbocycles. The second kappa shape index (κ2) is 7.61. The predicted molar refractivity (Wildman–Crippen MR) is 97.2 cm³/mol. The zero-order valence-corrected chi connectivity index (χ0v) is 16.8. The molecule has 0 saturated heterocycles. The number of ether oxygens (including phenoxy) is 2. The van der Waals surface area contributed by atoms with Crippen molar-refractivity contribution in [3.63, 3.8) is 0 Å². The van der Waals surface area contributed by atoms with Crippen molar-refractivity contribution in [3.05, 3.63) is 12.2 Å². The van der Waals surface area contributed by atoms with Crippen LogP contribution in [-0.4, -0.2) is 45.2 Å². The molecule has 1 amide bonds. The number of nitrogens with one attached hydrogen (secondary N) is 1. The normalized spacial score (nSPS) is 25.9. The van der Waals surface area contributed by atoms with E-state index in [0.717, 1.165) is 6.42 Å². The number of rotatable bonds is 8. The number of carbonyl (C=O) groups excluding carboxylic acids is 3. The first-order valence-electron chi connectivity index (χ1n) is 8.94. The molecule has 152 valence electrons. The Morgan fingerprint density at radius 1 is 1.26 bits per heavy atom. The first kappa shape index (κ1) is 21.4. The third-order valence-electron chi connectivity index (χ3n) is 5.92. The highest BCUT2D eigenvalue weighted by Gasteiger charge is 2.65. The number of ketones is 1. The molecule has 27 heavy (non-hydrogen) atoms. The number of hydrogen-bond acceptors (Lipinski definition) is 7. The summed E-state index contributed by atoms with van der Waals surface area (Å²) in [6.07, 6.45) is 0.865. The number of esters is 1. The quantitative estimate of drug-likeness (QED) is 0.375. The highest BCUT2D eigenvalue weighted by molar-refractivity contribution is 7.90. The Balaban J connectivity index is 1.82. The van der Waals surface area contributed by atoms with Gasteiger partial charge in [0.1, 0.15) is 5.78 Å². The summed E-state index contributed by atoms with van der Waals surface area (Å²) in [5.74, 6) is -0.802. The lowest BCUT2D eigenvalue weighted by atomic mass is 9.70. The second-order valence-corrected chi connectivity index (χ2v) is 9.66. The molecule has 0 aromatic rings. The summed E-state index contributed by atoms with van der Waals surface area (Å²) >= 11 is 0. The van der Waals surface area contributed by atoms with Crippen LogP contribution in [0.3, 0.4) is 0 Å². The SMILES string of the molecule is C=C(C)C(=O)OCCCOC(=O)NS(=O)(=O)CC12CCC(CC1=O)C2(C)C. The van der Waals surface area contributed by atoms with Crippen molar-refractivity contribution in [2.24, 2.45) is 16.7 Å². The molecular weight excluding hydrogens is 374 g/mol. The summed E-state index contributed by atoms with van der Waals surface area (Å²) < 4.78 is 36.4. The highest BCUT2D eigenvalue weighted by Crippen LogP contribution is 2.64. The van der Waals surface area contributed by atoms with Crippen LogP contribution in [0.2, 0.25) is 0 Å². The van der Waals surface area contributed by atoms with E-state index in [1.807, 2.05) is 18.6 Å². The van der Waals surface area contributed by atoms with Crippen molar-refractivity contribution in [2.75, 3.05) is 19.0 Å². The van der Waals surface area contributed by atoms with Crippen LogP contribution in [-0.2, 0) is 29.1 Å². The van der Waals surface area contributed by atoms with E-state index in [9.17, 15) is 22.8 Å². The molecule has 9 heteroatoms. The fraction of sp³-hybridized carbons (Fsp3) is 0.722. The summed E-state index contributed by atoms with van der Waals surface area (Å²) in [5.41, 5.74) is -1.09. The van der Waals surface area contributed by atoms with Crippen LogP contribution in [0, 0.1) is 16.7 Å². The van der Waals surface area contributed by atoms with Gasteiger partial charge in [0.05, 0.1) is 24.4 Å². The van der Waals surface area contributed by atoms with Crippen LogP contribution in [0.1, 0.15) is 46.5 Å². The molecular formula is C18H27NO7S. The van der Waals surface area contributed by atoms with Crippen LogP contribution < -0.4 is 4.72 Å². The van der Waals surface area contributed by atoms with Gasteiger partial charge in [-0.25, -0.2) is 22.7 Å². The van der Waals surface area contributed by atoms with Gasteiger partial charge in [0, 0.05) is 18.4 Å². The zero-order valence-electron chi connectivity index (χ0n) is 16.0. The Hall–Kier alpha value is -1.90. The summed E-state index contributed by atoms with van der Waals surface area (Å²) in [6.45, 7) is 8.72. The molecule has 0 radical (unpaired) electrons. The summed E-state index contributed by atoms with van der Waals surface area (Å²) in [7, 11) is -4.02. The van der Waals surface area contributed by atoms with Crippen molar-refractivity contribution < 1.29 is 32.3 Å². The van der Waals surface area contributed by atoms with Gasteiger partial charge in [-0.2, -0.15) is 0 Å². The Morgan fingerprint density at radius 2 is 1.89 bits per heavy atom. The molecule has 0 aromatic heterocycles. The van der Waals surface area contributed by atoms with E-state index < -0.39 is 38.7 Å². The smallest absolute Gasteiger partial charge is 0.420 e. The standard InChI is InChI=1S/C18H27NO7S/c1-12(2)15(21)25-8-5-9-26-16(22)19-27(23,24)11-18-7-6-13(10-14(18)20)17(18,3)4/h13H,1,5-11H2,2-4H3,(H,19,22). The average Bonchev–Trinajstić information content (AvgIpc) is 2.87. The van der Waals surface area contributed by atoms with Gasteiger partial charge in [0.25, 0.3) is 0 Å². The summed E-state index contributed by atoms with van der Waals surface area (Å²) in [6, 6.07) is 0. The molecule has 0 heterocycles. The predicted octanol–water partition coefficient (Wildman–Crippen LogP) is 1.95. The Bertz CT molecular complexity index is 756. The summed E-state index contributed by atoms with van der Waals surface area (Å²) in [5, 5.41) is 0. The van der Waals surface area contributed by atoms with Gasteiger partial charge in [0.15, 0.2) is 0 Å². The minimum Gasteiger partial charge on any atom is -0.462 e. The largest absolute Gasteiger partial charge is 0.462 e. The van der Waals surface area contributed by atoms with Crippen LogP contribution in [0.5, 0.6) is 0 Å². The van der Waals surface area contributed by atoms with E-state index in [1.165, 1.54) is 6.92 Å². The fourth-order valence-corrected chi connectivity index (χ4v) is 5.85. The number of hydrogen-bond donors (Lipinski definition) is 1. The third kappa shape index (κ3) is 4.34. The van der Waals surface area contributed by atoms with Crippen LogP contribution in [0.25, 0.3) is 0 Å². The first-order chi connectivity index (χ1) is 12.4. The first-order valence-corrected chi connectivity index (χ1v) is 10.6. The molecule has 2 fully saturated rings. The zero-order chi connectivity index (χ0) is 20.5. The van der Waals surface area contributed by atoms with Gasteiger partial charge in [-0.15, -0.1) is 0 Å². The molecule has 2 saturated carbocycles. The average molecular weight is 401 g/mol. The number of sulfonamides is 1. The van der Waals surface area contributed by atoms with Crippen molar-refractivity contribution in [1.29, 1.82) is 0 Å². The minimum atomic E-state index is -4.02. The molecule has 2 unspecified atom stereocenters. The fourth-order valence-electron chi connectivity index (χ4n) is 4.14. The Kier molecular flexibility index (Phi) is 6.03. The van der Waals surface area contributed by atoms with Crippen molar-refractivity contribution >= 4 is 27.9 Å². The molecule has 8 nitrogen and oxygen atoms in total. The van der Waals surface area contributed by atoms with Crippen LogP contribution in [0.4, 0.5) is 4.79 Å². The molecule has 2 rings (SSSR count). The molecule has 2 bridgehead atoms. The minimum absolute atomic E-state index is 0.0267. The molecule has 2 aliphatic carbocycles. The van der Waals surface area contributed by atoms with Gasteiger partial charge in [0.2, 0.25) is 10.0 Å². The van der Waals surface area contributed by atoms with E-state index in [1.54, 1.807) is 0 Å². The lowest BCUT2D eigenvalue weighted by Gasteiger charge is -2.35. The van der Waals surface area contributed by atoms with E-state index in [0.29, 0.717) is 12.8 Å². The monoisotopic (exact) mass is 401 g/mol. The van der Waals surface area contributed by atoms with Crippen LogP contribution >= 0.6 is 0 Å². The maximum Gasteiger partial charge on any atom is 0.420 e. The molecule has 0 aliphatic heterocycles. The maximum absolute atomic E-state index is 12.4. The Morgan fingerprint density at radius 3 is 2.41 bits per heavy atom. The second-order valence-electron chi connectivity index (χ2n) is 7.93. The van der Waals surface area contributed by atoms with Gasteiger partial charge >= 0.3 is 12.1 Å². The third-order valence-corrected chi connectivity index (χ3v) is 7.27. The topological polar surface area (TPSA) is 116 Å². The van der Waals surface area contributed by atoms with Crippen molar-refractivity contribution in [3.8, 4) is 0 Å². The van der Waals surface area contributed by atoms with Gasteiger partial charge < -0.3 is 9.47 Å². The van der Waals surface area contributed by atoms with Crippen molar-refractivity contribution in [1.82, 2.24) is 4.72 Å². The van der Waals surface area contributed by atoms with Gasteiger partial charge in [-0.05, 0) is 31.1 Å². The summed E-state index contributed by atoms with van der Waals surface area (Å²) in [4.78, 5) is 35.4. The van der Waals surface area contributed by atoms with Crippen molar-refractivity contribution in [2.45, 2.75) is 46.5 Å². The van der Waals surface area contributed by atoms with Gasteiger partial charge in [-0.1, -0.05) is 20.4 Å². The number of fused-ring (bicyclic) bond motifs is 2. The van der Waals surface area contributed by atoms with E-state index in [4.69, 9.17) is 9.47 Å². The highest BCUT2D eigenvalue weighted by atomic mass is 32.2. The van der Waals surface area contributed by atoms with Gasteiger partial charge in [-0.3, -0.25) is 4.79 Å². The lowest BCUT2D eigenvalue weighted by Crippen LogP contribution is -2.46. The maximum atomic E-state index is 12.4. The number of carbonyl (C=O) groups is 3. The number of Topliss-reactive ketones (excluding diaryl/α,β-unsaturated/α-hetero) is 1. The molecule has 0 spiro atoms. The Labute approximate surface area is 159 Å². The lowest BCUT2D eigenvalue weighted by molar-refractivity contribution is -0.139. The molecule has 2 atom stereocenters.